The molecule has 0 fully saturated rings. The minimum absolute atomic E-state index is 0.189. The third-order valence-electron chi connectivity index (χ3n) is 4.26. The van der Waals surface area contributed by atoms with E-state index in [1.807, 2.05) is 13.8 Å². The molecule has 0 aromatic heterocycles. The molecule has 1 atom stereocenters. The van der Waals surface area contributed by atoms with Crippen LogP contribution < -0.4 is 5.32 Å². The van der Waals surface area contributed by atoms with Crippen LogP contribution in [-0.2, 0) is 22.4 Å². The van der Waals surface area contributed by atoms with Gasteiger partial charge in [-0.05, 0) is 37.4 Å². The second-order valence-electron chi connectivity index (χ2n) is 5.90. The zero-order valence-corrected chi connectivity index (χ0v) is 13.3. The summed E-state index contributed by atoms with van der Waals surface area (Å²) in [4.78, 5) is 14.5. The summed E-state index contributed by atoms with van der Waals surface area (Å²) in [6.07, 6.45) is 2.08. The first-order valence-electron chi connectivity index (χ1n) is 7.71. The van der Waals surface area contributed by atoms with E-state index in [9.17, 15) is 4.79 Å². The van der Waals surface area contributed by atoms with Gasteiger partial charge in [0.05, 0.1) is 7.11 Å². The van der Waals surface area contributed by atoms with Crippen LogP contribution in [0.15, 0.2) is 24.3 Å². The van der Waals surface area contributed by atoms with Crippen molar-refractivity contribution in [1.82, 2.24) is 10.2 Å². The van der Waals surface area contributed by atoms with Gasteiger partial charge >= 0.3 is 5.97 Å². The summed E-state index contributed by atoms with van der Waals surface area (Å²) < 4.78 is 4.97. The van der Waals surface area contributed by atoms with Crippen LogP contribution in [0, 0.1) is 0 Å². The first kappa shape index (κ1) is 16.0. The van der Waals surface area contributed by atoms with E-state index in [1.165, 1.54) is 18.2 Å². The predicted molar refractivity (Wildman–Crippen MR) is 84.4 cm³/mol. The van der Waals surface area contributed by atoms with Gasteiger partial charge in [0.25, 0.3) is 0 Å². The Hall–Kier alpha value is -1.39. The first-order chi connectivity index (χ1) is 10.1. The molecule has 1 aromatic rings. The van der Waals surface area contributed by atoms with E-state index in [4.69, 9.17) is 4.74 Å². The maximum absolute atomic E-state index is 12.1. The fourth-order valence-electron chi connectivity index (χ4n) is 3.13. The minimum Gasteiger partial charge on any atom is -0.468 e. The molecule has 4 nitrogen and oxygen atoms in total. The highest BCUT2D eigenvalue weighted by Gasteiger charge is 2.35. The number of nitrogens with zero attached hydrogens (tertiary/aromatic N) is 1. The van der Waals surface area contributed by atoms with Gasteiger partial charge in [0.2, 0.25) is 0 Å². The summed E-state index contributed by atoms with van der Waals surface area (Å²) in [5.41, 5.74) is 2.23. The molecule has 21 heavy (non-hydrogen) atoms. The normalized spacial score (nSPS) is 18.4. The number of nitrogens with one attached hydrogen (secondary N) is 1. The van der Waals surface area contributed by atoms with E-state index in [-0.39, 0.29) is 5.97 Å². The molecule has 0 aliphatic carbocycles. The molecule has 0 radical (unpaired) electrons. The van der Waals surface area contributed by atoms with Gasteiger partial charge in [0, 0.05) is 19.6 Å². The van der Waals surface area contributed by atoms with Crippen LogP contribution in [-0.4, -0.2) is 49.7 Å². The van der Waals surface area contributed by atoms with Gasteiger partial charge in [-0.2, -0.15) is 0 Å². The Labute approximate surface area is 127 Å². The Morgan fingerprint density at radius 2 is 1.86 bits per heavy atom. The van der Waals surface area contributed by atoms with Crippen LogP contribution in [0.5, 0.6) is 0 Å². The minimum atomic E-state index is -0.639. The Kier molecular flexibility index (Phi) is 5.37. The lowest BCUT2D eigenvalue weighted by molar-refractivity contribution is -0.148. The lowest BCUT2D eigenvalue weighted by Gasteiger charge is -2.33. The molecule has 1 aliphatic heterocycles. The van der Waals surface area contributed by atoms with Crippen molar-refractivity contribution >= 4 is 5.97 Å². The lowest BCUT2D eigenvalue weighted by Crippen LogP contribution is -2.57. The average Bonchev–Trinajstić information content (AvgIpc) is 2.69. The molecule has 1 aliphatic rings. The Morgan fingerprint density at radius 1 is 1.29 bits per heavy atom. The SMILES string of the molecule is CCNC(C)(CN1CCc2ccccc2CC1)C(=O)OC. The van der Waals surface area contributed by atoms with Crippen molar-refractivity contribution in [3.8, 4) is 0 Å². The van der Waals surface area contributed by atoms with Gasteiger partial charge < -0.3 is 15.0 Å². The van der Waals surface area contributed by atoms with Crippen molar-refractivity contribution in [2.45, 2.75) is 32.2 Å². The van der Waals surface area contributed by atoms with Gasteiger partial charge in [-0.25, -0.2) is 0 Å². The zero-order chi connectivity index (χ0) is 15.3. The smallest absolute Gasteiger partial charge is 0.327 e. The molecule has 1 unspecified atom stereocenters. The highest BCUT2D eigenvalue weighted by Crippen LogP contribution is 2.18. The van der Waals surface area contributed by atoms with Crippen LogP contribution >= 0.6 is 0 Å². The lowest BCUT2D eigenvalue weighted by atomic mass is 10.0. The number of hydrogen-bond donors (Lipinski definition) is 1. The highest BCUT2D eigenvalue weighted by molar-refractivity contribution is 5.80. The molecule has 0 saturated heterocycles. The number of carbonyl (C=O) groups is 1. The number of methoxy groups -OCH3 is 1. The molecular formula is C17H26N2O2. The maximum Gasteiger partial charge on any atom is 0.327 e. The molecule has 0 bridgehead atoms. The van der Waals surface area contributed by atoms with Gasteiger partial charge in [0.1, 0.15) is 5.54 Å². The van der Waals surface area contributed by atoms with Crippen LogP contribution in [0.1, 0.15) is 25.0 Å². The third kappa shape index (κ3) is 3.83. The summed E-state index contributed by atoms with van der Waals surface area (Å²) in [5, 5.41) is 3.28. The summed E-state index contributed by atoms with van der Waals surface area (Å²) in [5.74, 6) is -0.189. The fraction of sp³-hybridized carbons (Fsp3) is 0.588. The molecule has 1 heterocycles. The Balaban J connectivity index is 2.05. The second-order valence-corrected chi connectivity index (χ2v) is 5.90. The zero-order valence-electron chi connectivity index (χ0n) is 13.3. The topological polar surface area (TPSA) is 41.6 Å². The summed E-state index contributed by atoms with van der Waals surface area (Å²) in [7, 11) is 1.45. The first-order valence-corrected chi connectivity index (χ1v) is 7.71. The molecule has 4 heteroatoms. The van der Waals surface area contributed by atoms with Crippen molar-refractivity contribution in [3.63, 3.8) is 0 Å². The monoisotopic (exact) mass is 290 g/mol. The summed E-state index contributed by atoms with van der Waals surface area (Å²) in [6, 6.07) is 8.63. The number of likely N-dealkylation sites (N-methyl/N-ethyl adjacent to an activating group) is 1. The fourth-order valence-corrected chi connectivity index (χ4v) is 3.13. The van der Waals surface area contributed by atoms with Gasteiger partial charge in [0.15, 0.2) is 0 Å². The highest BCUT2D eigenvalue weighted by atomic mass is 16.5. The second kappa shape index (κ2) is 7.05. The molecule has 1 N–H and O–H groups in total. The number of esters is 1. The van der Waals surface area contributed by atoms with E-state index < -0.39 is 5.54 Å². The third-order valence-corrected chi connectivity index (χ3v) is 4.26. The van der Waals surface area contributed by atoms with Crippen LogP contribution in [0.3, 0.4) is 0 Å². The van der Waals surface area contributed by atoms with E-state index in [1.54, 1.807) is 0 Å². The predicted octanol–water partition coefficient (Wildman–Crippen LogP) is 1.63. The Bertz CT molecular complexity index is 462. The van der Waals surface area contributed by atoms with Crippen molar-refractivity contribution in [1.29, 1.82) is 0 Å². The number of fused-ring (bicyclic) bond motifs is 1. The van der Waals surface area contributed by atoms with E-state index in [0.717, 1.165) is 32.5 Å². The number of hydrogen-bond acceptors (Lipinski definition) is 4. The van der Waals surface area contributed by atoms with Crippen LogP contribution in [0.2, 0.25) is 0 Å². The number of rotatable bonds is 5. The molecule has 1 aromatic carbocycles. The number of benzene rings is 1. The van der Waals surface area contributed by atoms with Crippen LogP contribution in [0.4, 0.5) is 0 Å². The van der Waals surface area contributed by atoms with E-state index in [0.29, 0.717) is 6.54 Å². The quantitative estimate of drug-likeness (QED) is 0.837. The molecule has 0 spiro atoms. The van der Waals surface area contributed by atoms with E-state index >= 15 is 0 Å². The molecule has 2 rings (SSSR count). The summed E-state index contributed by atoms with van der Waals surface area (Å²) >= 11 is 0. The standard InChI is InChI=1S/C17H26N2O2/c1-4-18-17(2,16(20)21-3)13-19-11-9-14-7-5-6-8-15(14)10-12-19/h5-8,18H,4,9-13H2,1-3H3. The van der Waals surface area contributed by atoms with Crippen molar-refractivity contribution in [3.05, 3.63) is 35.4 Å². The molecular weight excluding hydrogens is 264 g/mol. The summed E-state index contributed by atoms with van der Waals surface area (Å²) in [6.45, 7) is 7.34. The molecule has 0 saturated carbocycles. The number of carbonyl (C=O) groups excluding carboxylic acids is 1. The average molecular weight is 290 g/mol. The largest absolute Gasteiger partial charge is 0.468 e. The van der Waals surface area contributed by atoms with Gasteiger partial charge in [-0.3, -0.25) is 4.79 Å². The molecule has 0 amide bonds. The van der Waals surface area contributed by atoms with E-state index in [2.05, 4.69) is 34.5 Å². The number of ether oxygens (including phenoxy) is 1. The van der Waals surface area contributed by atoms with Gasteiger partial charge in [-0.15, -0.1) is 0 Å². The van der Waals surface area contributed by atoms with Crippen LogP contribution in [0.25, 0.3) is 0 Å². The van der Waals surface area contributed by atoms with Crippen molar-refractivity contribution in [2.24, 2.45) is 0 Å². The van der Waals surface area contributed by atoms with Crippen molar-refractivity contribution in [2.75, 3.05) is 33.3 Å². The maximum atomic E-state index is 12.1. The van der Waals surface area contributed by atoms with Crippen molar-refractivity contribution < 1.29 is 9.53 Å². The van der Waals surface area contributed by atoms with Gasteiger partial charge in [-0.1, -0.05) is 31.2 Å². The molecule has 116 valence electrons. The Morgan fingerprint density at radius 3 is 2.33 bits per heavy atom.